The van der Waals surface area contributed by atoms with Crippen LogP contribution < -0.4 is 4.74 Å². The molecule has 1 saturated heterocycles. The fourth-order valence-electron chi connectivity index (χ4n) is 2.90. The fraction of sp³-hybridized carbons (Fsp3) is 0.300. The maximum Gasteiger partial charge on any atom is 0.263 e. The highest BCUT2D eigenvalue weighted by atomic mass is 19.1. The summed E-state index contributed by atoms with van der Waals surface area (Å²) in [7, 11) is 0. The molecule has 2 aromatic rings. The van der Waals surface area contributed by atoms with Crippen LogP contribution in [-0.4, -0.2) is 35.8 Å². The Hall–Kier alpha value is -2.69. The predicted octanol–water partition coefficient (Wildman–Crippen LogP) is 3.45. The number of rotatable bonds is 5. The van der Waals surface area contributed by atoms with Crippen LogP contribution >= 0.6 is 0 Å². The summed E-state index contributed by atoms with van der Waals surface area (Å²) in [4.78, 5) is 26.4. The van der Waals surface area contributed by atoms with Crippen LogP contribution in [0, 0.1) is 5.82 Å². The SMILES string of the molecule is CC(Oc1ccc(C(=O)c2ccc(F)cc2)cc1)C(=O)N1CCCC1. The number of hydrogen-bond acceptors (Lipinski definition) is 3. The number of benzene rings is 2. The van der Waals surface area contributed by atoms with Gasteiger partial charge in [0.15, 0.2) is 11.9 Å². The van der Waals surface area contributed by atoms with Gasteiger partial charge >= 0.3 is 0 Å². The molecule has 0 spiro atoms. The van der Waals surface area contributed by atoms with Gasteiger partial charge in [0.05, 0.1) is 0 Å². The van der Waals surface area contributed by atoms with Crippen molar-refractivity contribution >= 4 is 11.7 Å². The summed E-state index contributed by atoms with van der Waals surface area (Å²) in [6.45, 7) is 3.31. The molecule has 4 nitrogen and oxygen atoms in total. The minimum absolute atomic E-state index is 0.0102. The summed E-state index contributed by atoms with van der Waals surface area (Å²) >= 11 is 0. The van der Waals surface area contributed by atoms with Gasteiger partial charge in [-0.2, -0.15) is 0 Å². The molecule has 25 heavy (non-hydrogen) atoms. The molecular formula is C20H20FNO3. The second-order valence-electron chi connectivity index (χ2n) is 6.15. The smallest absolute Gasteiger partial charge is 0.263 e. The van der Waals surface area contributed by atoms with Gasteiger partial charge in [-0.1, -0.05) is 0 Å². The number of carbonyl (C=O) groups excluding carboxylic acids is 2. The van der Waals surface area contributed by atoms with Gasteiger partial charge in [0.1, 0.15) is 11.6 Å². The first-order valence-corrected chi connectivity index (χ1v) is 8.40. The van der Waals surface area contributed by atoms with Crippen molar-refractivity contribution in [3.63, 3.8) is 0 Å². The van der Waals surface area contributed by atoms with Crippen molar-refractivity contribution in [3.05, 3.63) is 65.5 Å². The lowest BCUT2D eigenvalue weighted by Gasteiger charge is -2.21. The largest absolute Gasteiger partial charge is 0.481 e. The molecule has 1 fully saturated rings. The van der Waals surface area contributed by atoms with Gasteiger partial charge in [0, 0.05) is 24.2 Å². The normalized spacial score (nSPS) is 15.0. The summed E-state index contributed by atoms with van der Waals surface area (Å²) in [5.41, 5.74) is 0.908. The van der Waals surface area contributed by atoms with Crippen LogP contribution in [0.15, 0.2) is 48.5 Å². The van der Waals surface area contributed by atoms with E-state index in [0.717, 1.165) is 25.9 Å². The van der Waals surface area contributed by atoms with Gasteiger partial charge in [-0.3, -0.25) is 9.59 Å². The number of hydrogen-bond donors (Lipinski definition) is 0. The highest BCUT2D eigenvalue weighted by Crippen LogP contribution is 2.18. The Labute approximate surface area is 146 Å². The molecule has 1 atom stereocenters. The van der Waals surface area contributed by atoms with E-state index in [0.29, 0.717) is 16.9 Å². The maximum absolute atomic E-state index is 12.9. The standard InChI is InChI=1S/C20H20FNO3/c1-14(20(24)22-12-2-3-13-22)25-18-10-6-16(7-11-18)19(23)15-4-8-17(21)9-5-15/h4-11,14H,2-3,12-13H2,1H3. The van der Waals surface area contributed by atoms with Crippen LogP contribution in [0.5, 0.6) is 5.75 Å². The third-order valence-electron chi connectivity index (χ3n) is 4.30. The molecular weight excluding hydrogens is 321 g/mol. The second-order valence-corrected chi connectivity index (χ2v) is 6.15. The maximum atomic E-state index is 12.9. The molecule has 1 amide bonds. The first kappa shape index (κ1) is 17.1. The van der Waals surface area contributed by atoms with Crippen molar-refractivity contribution in [2.45, 2.75) is 25.9 Å². The molecule has 2 aromatic carbocycles. The third kappa shape index (κ3) is 4.05. The third-order valence-corrected chi connectivity index (χ3v) is 4.30. The molecule has 1 heterocycles. The van der Waals surface area contributed by atoms with Crippen LogP contribution in [0.2, 0.25) is 0 Å². The Bertz CT molecular complexity index is 750. The minimum atomic E-state index is -0.559. The van der Waals surface area contributed by atoms with E-state index in [1.165, 1.54) is 24.3 Å². The summed E-state index contributed by atoms with van der Waals surface area (Å²) in [6.07, 6.45) is 1.52. The molecule has 3 rings (SSSR count). The van der Waals surface area contributed by atoms with Crippen LogP contribution in [0.4, 0.5) is 4.39 Å². The van der Waals surface area contributed by atoms with Gasteiger partial charge in [0.2, 0.25) is 0 Å². The van der Waals surface area contributed by atoms with Gasteiger partial charge in [-0.15, -0.1) is 0 Å². The zero-order chi connectivity index (χ0) is 17.8. The number of carbonyl (C=O) groups is 2. The first-order chi connectivity index (χ1) is 12.0. The Morgan fingerprint density at radius 1 is 0.960 bits per heavy atom. The van der Waals surface area contributed by atoms with E-state index < -0.39 is 6.10 Å². The van der Waals surface area contributed by atoms with Crippen molar-refractivity contribution in [1.82, 2.24) is 4.90 Å². The monoisotopic (exact) mass is 341 g/mol. The molecule has 0 aliphatic carbocycles. The summed E-state index contributed by atoms with van der Waals surface area (Å²) in [5.74, 6) is -0.0376. The molecule has 1 unspecified atom stereocenters. The number of amides is 1. The molecule has 0 bridgehead atoms. The van der Waals surface area contributed by atoms with E-state index in [2.05, 4.69) is 0 Å². The van der Waals surface area contributed by atoms with Crippen molar-refractivity contribution in [2.75, 3.05) is 13.1 Å². The highest BCUT2D eigenvalue weighted by Gasteiger charge is 2.24. The van der Waals surface area contributed by atoms with Gasteiger partial charge in [-0.05, 0) is 68.3 Å². The molecule has 5 heteroatoms. The number of ketones is 1. The lowest BCUT2D eigenvalue weighted by atomic mass is 10.0. The lowest BCUT2D eigenvalue weighted by molar-refractivity contribution is -0.136. The molecule has 1 aliphatic rings. The fourth-order valence-corrected chi connectivity index (χ4v) is 2.90. The molecule has 0 radical (unpaired) electrons. The Kier molecular flexibility index (Phi) is 5.12. The van der Waals surface area contributed by atoms with E-state index in [9.17, 15) is 14.0 Å². The van der Waals surface area contributed by atoms with Crippen LogP contribution in [-0.2, 0) is 4.79 Å². The van der Waals surface area contributed by atoms with Crippen molar-refractivity contribution in [1.29, 1.82) is 0 Å². The molecule has 0 saturated carbocycles. The van der Waals surface area contributed by atoms with E-state index in [-0.39, 0.29) is 17.5 Å². The molecule has 130 valence electrons. The average Bonchev–Trinajstić information content (AvgIpc) is 3.16. The average molecular weight is 341 g/mol. The van der Waals surface area contributed by atoms with Crippen LogP contribution in [0.3, 0.4) is 0 Å². The van der Waals surface area contributed by atoms with Crippen LogP contribution in [0.1, 0.15) is 35.7 Å². The van der Waals surface area contributed by atoms with Crippen LogP contribution in [0.25, 0.3) is 0 Å². The topological polar surface area (TPSA) is 46.6 Å². The Morgan fingerprint density at radius 3 is 2.04 bits per heavy atom. The van der Waals surface area contributed by atoms with Crippen molar-refractivity contribution in [3.8, 4) is 5.75 Å². The number of nitrogens with zero attached hydrogens (tertiary/aromatic N) is 1. The number of likely N-dealkylation sites (tertiary alicyclic amines) is 1. The Morgan fingerprint density at radius 2 is 1.48 bits per heavy atom. The molecule has 1 aliphatic heterocycles. The molecule has 0 aromatic heterocycles. The van der Waals surface area contributed by atoms with E-state index in [1.54, 1.807) is 31.2 Å². The van der Waals surface area contributed by atoms with Crippen molar-refractivity contribution in [2.24, 2.45) is 0 Å². The number of halogens is 1. The van der Waals surface area contributed by atoms with E-state index >= 15 is 0 Å². The van der Waals surface area contributed by atoms with E-state index in [1.807, 2.05) is 4.90 Å². The summed E-state index contributed by atoms with van der Waals surface area (Å²) in [5, 5.41) is 0. The molecule has 0 N–H and O–H groups in total. The van der Waals surface area contributed by atoms with Crippen molar-refractivity contribution < 1.29 is 18.7 Å². The van der Waals surface area contributed by atoms with Gasteiger partial charge < -0.3 is 9.64 Å². The summed E-state index contributed by atoms with van der Waals surface area (Å²) < 4.78 is 18.6. The van der Waals surface area contributed by atoms with E-state index in [4.69, 9.17) is 4.74 Å². The highest BCUT2D eigenvalue weighted by molar-refractivity contribution is 6.09. The Balaban J connectivity index is 1.64. The lowest BCUT2D eigenvalue weighted by Crippen LogP contribution is -2.38. The summed E-state index contributed by atoms with van der Waals surface area (Å²) in [6, 6.07) is 12.1. The predicted molar refractivity (Wildman–Crippen MR) is 92.2 cm³/mol. The zero-order valence-corrected chi connectivity index (χ0v) is 14.1. The quantitative estimate of drug-likeness (QED) is 0.783. The minimum Gasteiger partial charge on any atom is -0.481 e. The number of ether oxygens (including phenoxy) is 1. The second kappa shape index (κ2) is 7.47. The first-order valence-electron chi connectivity index (χ1n) is 8.40. The van der Waals surface area contributed by atoms with Gasteiger partial charge in [0.25, 0.3) is 5.91 Å². The van der Waals surface area contributed by atoms with Gasteiger partial charge in [-0.25, -0.2) is 4.39 Å². The zero-order valence-electron chi connectivity index (χ0n) is 14.1.